The van der Waals surface area contributed by atoms with Crippen molar-refractivity contribution in [3.05, 3.63) is 52.4 Å². The molecule has 0 spiro atoms. The lowest BCUT2D eigenvalue weighted by Crippen LogP contribution is -2.30. The number of benzene rings is 1. The van der Waals surface area contributed by atoms with E-state index in [1.165, 1.54) is 5.56 Å². The van der Waals surface area contributed by atoms with Crippen molar-refractivity contribution >= 4 is 15.9 Å². The average molecular weight is 353 g/mol. The Balaban J connectivity index is 1.96. The van der Waals surface area contributed by atoms with E-state index in [0.29, 0.717) is 0 Å². The molecular weight excluding hydrogens is 332 g/mol. The number of methoxy groups -OCH3 is 1. The second-order valence-electron chi connectivity index (χ2n) is 5.08. The SMILES string of the molecule is COc1ccc(Br)c(CNCC(c2ccco2)N(C)C)c1. The third-order valence-corrected chi connectivity index (χ3v) is 4.17. The molecule has 0 bridgehead atoms. The van der Waals surface area contributed by atoms with Gasteiger partial charge < -0.3 is 14.5 Å². The summed E-state index contributed by atoms with van der Waals surface area (Å²) in [6.07, 6.45) is 1.71. The number of nitrogens with zero attached hydrogens (tertiary/aromatic N) is 1. The first-order valence-corrected chi connectivity index (χ1v) is 7.64. The van der Waals surface area contributed by atoms with Crippen molar-refractivity contribution in [2.45, 2.75) is 12.6 Å². The molecule has 0 fully saturated rings. The zero-order chi connectivity index (χ0) is 15.2. The predicted octanol–water partition coefficient (Wildman–Crippen LogP) is 3.44. The molecule has 0 radical (unpaired) electrons. The van der Waals surface area contributed by atoms with Crippen molar-refractivity contribution in [2.24, 2.45) is 0 Å². The van der Waals surface area contributed by atoms with Gasteiger partial charge in [0.2, 0.25) is 0 Å². The van der Waals surface area contributed by atoms with Gasteiger partial charge in [-0.25, -0.2) is 0 Å². The Kier molecular flexibility index (Phi) is 5.85. The van der Waals surface area contributed by atoms with Crippen LogP contribution in [-0.2, 0) is 6.54 Å². The quantitative estimate of drug-likeness (QED) is 0.828. The van der Waals surface area contributed by atoms with E-state index in [1.54, 1.807) is 13.4 Å². The number of nitrogens with one attached hydrogen (secondary N) is 1. The Hall–Kier alpha value is -1.30. The van der Waals surface area contributed by atoms with E-state index in [0.717, 1.165) is 29.1 Å². The molecule has 4 nitrogen and oxygen atoms in total. The van der Waals surface area contributed by atoms with E-state index in [4.69, 9.17) is 9.15 Å². The Bertz CT molecular complexity index is 555. The lowest BCUT2D eigenvalue weighted by atomic mass is 10.2. The van der Waals surface area contributed by atoms with Crippen molar-refractivity contribution in [1.29, 1.82) is 0 Å². The van der Waals surface area contributed by atoms with Crippen molar-refractivity contribution in [2.75, 3.05) is 27.7 Å². The number of furan rings is 1. The van der Waals surface area contributed by atoms with Gasteiger partial charge in [-0.15, -0.1) is 0 Å². The molecule has 21 heavy (non-hydrogen) atoms. The Morgan fingerprint density at radius 1 is 1.33 bits per heavy atom. The molecule has 0 saturated carbocycles. The van der Waals surface area contributed by atoms with Crippen LogP contribution >= 0.6 is 15.9 Å². The summed E-state index contributed by atoms with van der Waals surface area (Å²) in [5.74, 6) is 1.84. The third-order valence-electron chi connectivity index (χ3n) is 3.40. The van der Waals surface area contributed by atoms with Gasteiger partial charge in [0.1, 0.15) is 11.5 Å². The molecule has 0 aliphatic heterocycles. The van der Waals surface area contributed by atoms with E-state index in [9.17, 15) is 0 Å². The summed E-state index contributed by atoms with van der Waals surface area (Å²) in [5.41, 5.74) is 1.17. The molecule has 1 aromatic carbocycles. The summed E-state index contributed by atoms with van der Waals surface area (Å²) in [6, 6.07) is 10.1. The van der Waals surface area contributed by atoms with Gasteiger partial charge >= 0.3 is 0 Å². The smallest absolute Gasteiger partial charge is 0.122 e. The zero-order valence-electron chi connectivity index (χ0n) is 12.6. The summed E-state index contributed by atoms with van der Waals surface area (Å²) in [4.78, 5) is 2.15. The molecule has 5 heteroatoms. The fourth-order valence-corrected chi connectivity index (χ4v) is 2.56. The van der Waals surface area contributed by atoms with Crippen LogP contribution in [0.25, 0.3) is 0 Å². The Morgan fingerprint density at radius 2 is 2.14 bits per heavy atom. The van der Waals surface area contributed by atoms with Gasteiger partial charge in [-0.3, -0.25) is 4.90 Å². The predicted molar refractivity (Wildman–Crippen MR) is 87.5 cm³/mol. The molecule has 1 heterocycles. The van der Waals surface area contributed by atoms with Crippen LogP contribution in [0.1, 0.15) is 17.4 Å². The molecule has 2 rings (SSSR count). The lowest BCUT2D eigenvalue weighted by Gasteiger charge is -2.22. The largest absolute Gasteiger partial charge is 0.497 e. The molecule has 1 unspecified atom stereocenters. The van der Waals surface area contributed by atoms with Crippen molar-refractivity contribution in [3.63, 3.8) is 0 Å². The normalized spacial score (nSPS) is 12.6. The first kappa shape index (κ1) is 16.1. The van der Waals surface area contributed by atoms with E-state index >= 15 is 0 Å². The van der Waals surface area contributed by atoms with Crippen molar-refractivity contribution in [1.82, 2.24) is 10.2 Å². The second kappa shape index (κ2) is 7.64. The maximum absolute atomic E-state index is 5.51. The number of rotatable bonds is 7. The highest BCUT2D eigenvalue weighted by Gasteiger charge is 2.16. The fourth-order valence-electron chi connectivity index (χ4n) is 2.18. The highest BCUT2D eigenvalue weighted by Crippen LogP contribution is 2.23. The molecule has 0 amide bonds. The van der Waals surface area contributed by atoms with Crippen LogP contribution in [0.3, 0.4) is 0 Å². The van der Waals surface area contributed by atoms with Gasteiger partial charge in [0.15, 0.2) is 0 Å². The number of ether oxygens (including phenoxy) is 1. The van der Waals surface area contributed by atoms with Crippen LogP contribution in [0.4, 0.5) is 0 Å². The average Bonchev–Trinajstić information content (AvgIpc) is 2.98. The molecule has 114 valence electrons. The minimum absolute atomic E-state index is 0.212. The van der Waals surface area contributed by atoms with Crippen LogP contribution in [-0.4, -0.2) is 32.6 Å². The molecule has 2 aromatic rings. The highest BCUT2D eigenvalue weighted by molar-refractivity contribution is 9.10. The third kappa shape index (κ3) is 4.33. The monoisotopic (exact) mass is 352 g/mol. The standard InChI is InChI=1S/C16H21BrN2O2/c1-19(2)15(16-5-4-8-21-16)11-18-10-12-9-13(20-3)6-7-14(12)17/h4-9,15,18H,10-11H2,1-3H3. The van der Waals surface area contributed by atoms with E-state index in [-0.39, 0.29) is 6.04 Å². The van der Waals surface area contributed by atoms with E-state index < -0.39 is 0 Å². The summed E-state index contributed by atoms with van der Waals surface area (Å²) in [7, 11) is 5.78. The number of likely N-dealkylation sites (N-methyl/N-ethyl adjacent to an activating group) is 1. The van der Waals surface area contributed by atoms with Crippen LogP contribution in [0.2, 0.25) is 0 Å². The summed E-state index contributed by atoms with van der Waals surface area (Å²) < 4.78 is 11.9. The fraction of sp³-hybridized carbons (Fsp3) is 0.375. The van der Waals surface area contributed by atoms with Gasteiger partial charge in [0, 0.05) is 17.6 Å². The van der Waals surface area contributed by atoms with Crippen molar-refractivity contribution < 1.29 is 9.15 Å². The Morgan fingerprint density at radius 3 is 2.76 bits per heavy atom. The van der Waals surface area contributed by atoms with E-state index in [1.807, 2.05) is 30.3 Å². The van der Waals surface area contributed by atoms with Gasteiger partial charge in [-0.1, -0.05) is 15.9 Å². The highest BCUT2D eigenvalue weighted by atomic mass is 79.9. The molecule has 1 N–H and O–H groups in total. The second-order valence-corrected chi connectivity index (χ2v) is 5.94. The van der Waals surface area contributed by atoms with Gasteiger partial charge in [0.05, 0.1) is 19.4 Å². The summed E-state index contributed by atoms with van der Waals surface area (Å²) >= 11 is 3.57. The van der Waals surface area contributed by atoms with Gasteiger partial charge in [-0.05, 0) is 50.0 Å². The van der Waals surface area contributed by atoms with Crippen LogP contribution < -0.4 is 10.1 Å². The summed E-state index contributed by atoms with van der Waals surface area (Å²) in [5, 5.41) is 3.48. The lowest BCUT2D eigenvalue weighted by molar-refractivity contribution is 0.250. The zero-order valence-corrected chi connectivity index (χ0v) is 14.2. The Labute approximate surface area is 134 Å². The minimum Gasteiger partial charge on any atom is -0.497 e. The van der Waals surface area contributed by atoms with Crippen LogP contribution in [0, 0.1) is 0 Å². The topological polar surface area (TPSA) is 37.6 Å². The molecule has 0 aliphatic rings. The molecule has 1 atom stereocenters. The first-order valence-electron chi connectivity index (χ1n) is 6.84. The maximum atomic E-state index is 5.51. The maximum Gasteiger partial charge on any atom is 0.122 e. The van der Waals surface area contributed by atoms with Crippen molar-refractivity contribution in [3.8, 4) is 5.75 Å². The molecule has 0 saturated heterocycles. The van der Waals surface area contributed by atoms with Crippen LogP contribution in [0.15, 0.2) is 45.5 Å². The van der Waals surface area contributed by atoms with Crippen LogP contribution in [0.5, 0.6) is 5.75 Å². The number of hydrogen-bond donors (Lipinski definition) is 1. The van der Waals surface area contributed by atoms with E-state index in [2.05, 4.69) is 40.2 Å². The summed E-state index contributed by atoms with van der Waals surface area (Å²) in [6.45, 7) is 1.58. The molecule has 0 aliphatic carbocycles. The number of halogens is 1. The number of hydrogen-bond acceptors (Lipinski definition) is 4. The molecule has 1 aromatic heterocycles. The first-order chi connectivity index (χ1) is 10.1. The minimum atomic E-state index is 0.212. The molecular formula is C16H21BrN2O2. The van der Waals surface area contributed by atoms with Gasteiger partial charge in [0.25, 0.3) is 0 Å². The van der Waals surface area contributed by atoms with Gasteiger partial charge in [-0.2, -0.15) is 0 Å².